The molecule has 0 aromatic carbocycles. The summed E-state index contributed by atoms with van der Waals surface area (Å²) < 4.78 is 0. The monoisotopic (exact) mass is 196 g/mol. The fourth-order valence-corrected chi connectivity index (χ4v) is 2.13. The molecule has 14 heavy (non-hydrogen) atoms. The lowest BCUT2D eigenvalue weighted by molar-refractivity contribution is 0.207. The summed E-state index contributed by atoms with van der Waals surface area (Å²) in [5.74, 6) is 0.760. The first-order valence-electron chi connectivity index (χ1n) is 6.19. The Morgan fingerprint density at radius 3 is 2.64 bits per heavy atom. The minimum Gasteiger partial charge on any atom is -0.389 e. The summed E-state index contributed by atoms with van der Waals surface area (Å²) in [7, 11) is 0. The second-order valence-electron chi connectivity index (χ2n) is 4.49. The third kappa shape index (κ3) is 4.80. The highest BCUT2D eigenvalue weighted by atomic mass is 16.3. The summed E-state index contributed by atoms with van der Waals surface area (Å²) in [6.45, 7) is 2.20. The fourth-order valence-electron chi connectivity index (χ4n) is 2.13. The molecule has 82 valence electrons. The van der Waals surface area contributed by atoms with Crippen molar-refractivity contribution in [2.24, 2.45) is 5.92 Å². The smallest absolute Gasteiger partial charge is 0.0721 e. The molecule has 1 atom stereocenters. The van der Waals surface area contributed by atoms with Crippen molar-refractivity contribution >= 4 is 0 Å². The Morgan fingerprint density at radius 1 is 1.29 bits per heavy atom. The highest BCUT2D eigenvalue weighted by Gasteiger charge is 2.11. The molecule has 0 amide bonds. The van der Waals surface area contributed by atoms with Gasteiger partial charge in [0, 0.05) is 0 Å². The molecular formula is C13H24O. The Bertz CT molecular complexity index is 157. The fraction of sp³-hybridized carbons (Fsp3) is 0.846. The Morgan fingerprint density at radius 2 is 2.00 bits per heavy atom. The lowest BCUT2D eigenvalue weighted by atomic mass is 10.1. The van der Waals surface area contributed by atoms with Crippen LogP contribution in [-0.4, -0.2) is 11.2 Å². The molecule has 0 bridgehead atoms. The number of aliphatic hydroxyl groups excluding tert-OH is 1. The summed E-state index contributed by atoms with van der Waals surface area (Å²) in [6.07, 6.45) is 14.1. The molecular weight excluding hydrogens is 172 g/mol. The Hall–Kier alpha value is -0.300. The van der Waals surface area contributed by atoms with Gasteiger partial charge >= 0.3 is 0 Å². The quantitative estimate of drug-likeness (QED) is 0.507. The van der Waals surface area contributed by atoms with E-state index in [0.717, 1.165) is 18.8 Å². The third-order valence-corrected chi connectivity index (χ3v) is 3.11. The van der Waals surface area contributed by atoms with Crippen molar-refractivity contribution in [1.29, 1.82) is 0 Å². The topological polar surface area (TPSA) is 20.2 Å². The van der Waals surface area contributed by atoms with E-state index in [4.69, 9.17) is 0 Å². The predicted octanol–water partition coefficient (Wildman–Crippen LogP) is 3.67. The molecule has 1 aliphatic carbocycles. The van der Waals surface area contributed by atoms with Crippen LogP contribution in [0, 0.1) is 5.92 Å². The van der Waals surface area contributed by atoms with Gasteiger partial charge in [-0.3, -0.25) is 0 Å². The van der Waals surface area contributed by atoms with Gasteiger partial charge in [0.25, 0.3) is 0 Å². The summed E-state index contributed by atoms with van der Waals surface area (Å²) in [4.78, 5) is 0. The first-order chi connectivity index (χ1) is 6.83. The standard InChI is InChI=1S/C13H24O/c1-2-3-4-9-13(14)11-10-12-7-5-6-8-12/h10-14H,2-9H2,1H3/b11-10+. The number of allylic oxidation sites excluding steroid dienone is 1. The van der Waals surface area contributed by atoms with Gasteiger partial charge in [0.15, 0.2) is 0 Å². The summed E-state index contributed by atoms with van der Waals surface area (Å²) in [5.41, 5.74) is 0. The number of rotatable bonds is 6. The van der Waals surface area contributed by atoms with Crippen molar-refractivity contribution in [1.82, 2.24) is 0 Å². The van der Waals surface area contributed by atoms with Crippen LogP contribution in [0.3, 0.4) is 0 Å². The van der Waals surface area contributed by atoms with E-state index < -0.39 is 0 Å². The zero-order chi connectivity index (χ0) is 10.2. The van der Waals surface area contributed by atoms with Crippen molar-refractivity contribution in [3.8, 4) is 0 Å². The van der Waals surface area contributed by atoms with E-state index in [1.54, 1.807) is 0 Å². The molecule has 1 fully saturated rings. The predicted molar refractivity (Wildman–Crippen MR) is 61.2 cm³/mol. The van der Waals surface area contributed by atoms with Gasteiger partial charge < -0.3 is 5.11 Å². The van der Waals surface area contributed by atoms with Gasteiger partial charge in [0.1, 0.15) is 0 Å². The second-order valence-corrected chi connectivity index (χ2v) is 4.49. The second kappa shape index (κ2) is 7.05. The van der Waals surface area contributed by atoms with E-state index in [2.05, 4.69) is 13.0 Å². The molecule has 0 aliphatic heterocycles. The minimum atomic E-state index is -0.192. The number of hydrogen-bond donors (Lipinski definition) is 1. The molecule has 0 heterocycles. The summed E-state index contributed by atoms with van der Waals surface area (Å²) >= 11 is 0. The Kier molecular flexibility index (Phi) is 5.93. The molecule has 1 aliphatic rings. The maximum atomic E-state index is 9.65. The van der Waals surface area contributed by atoms with Crippen LogP contribution < -0.4 is 0 Å². The van der Waals surface area contributed by atoms with Crippen molar-refractivity contribution in [2.75, 3.05) is 0 Å². The van der Waals surface area contributed by atoms with E-state index in [0.29, 0.717) is 0 Å². The molecule has 1 nitrogen and oxygen atoms in total. The molecule has 1 unspecified atom stereocenters. The average Bonchev–Trinajstić information content (AvgIpc) is 2.68. The highest BCUT2D eigenvalue weighted by Crippen LogP contribution is 2.25. The van der Waals surface area contributed by atoms with Gasteiger partial charge in [-0.1, -0.05) is 51.2 Å². The Balaban J connectivity index is 2.08. The zero-order valence-corrected chi connectivity index (χ0v) is 9.41. The summed E-state index contributed by atoms with van der Waals surface area (Å²) in [6, 6.07) is 0. The maximum absolute atomic E-state index is 9.65. The van der Waals surface area contributed by atoms with Gasteiger partial charge in [-0.05, 0) is 25.2 Å². The highest BCUT2D eigenvalue weighted by molar-refractivity contribution is 4.94. The first kappa shape index (κ1) is 11.8. The van der Waals surface area contributed by atoms with Crippen LogP contribution in [0.5, 0.6) is 0 Å². The molecule has 1 saturated carbocycles. The van der Waals surface area contributed by atoms with Crippen molar-refractivity contribution in [3.05, 3.63) is 12.2 Å². The zero-order valence-electron chi connectivity index (χ0n) is 9.41. The van der Waals surface area contributed by atoms with Gasteiger partial charge in [-0.15, -0.1) is 0 Å². The molecule has 0 saturated heterocycles. The van der Waals surface area contributed by atoms with Gasteiger partial charge in [-0.25, -0.2) is 0 Å². The largest absolute Gasteiger partial charge is 0.389 e. The van der Waals surface area contributed by atoms with Crippen LogP contribution in [0.25, 0.3) is 0 Å². The first-order valence-corrected chi connectivity index (χ1v) is 6.19. The van der Waals surface area contributed by atoms with Crippen LogP contribution in [0.4, 0.5) is 0 Å². The molecule has 0 aromatic rings. The van der Waals surface area contributed by atoms with Gasteiger partial charge in [-0.2, -0.15) is 0 Å². The lowest BCUT2D eigenvalue weighted by Crippen LogP contribution is -2.02. The van der Waals surface area contributed by atoms with Crippen LogP contribution in [0.2, 0.25) is 0 Å². The van der Waals surface area contributed by atoms with Crippen molar-refractivity contribution < 1.29 is 5.11 Å². The van der Waals surface area contributed by atoms with Gasteiger partial charge in [0.05, 0.1) is 6.10 Å². The number of hydrogen-bond acceptors (Lipinski definition) is 1. The lowest BCUT2D eigenvalue weighted by Gasteiger charge is -2.06. The van der Waals surface area contributed by atoms with Crippen molar-refractivity contribution in [3.63, 3.8) is 0 Å². The van der Waals surface area contributed by atoms with Crippen LogP contribution in [-0.2, 0) is 0 Å². The van der Waals surface area contributed by atoms with E-state index in [9.17, 15) is 5.11 Å². The van der Waals surface area contributed by atoms with Gasteiger partial charge in [0.2, 0.25) is 0 Å². The van der Waals surface area contributed by atoms with E-state index >= 15 is 0 Å². The molecule has 1 N–H and O–H groups in total. The number of aliphatic hydroxyl groups is 1. The molecule has 1 rings (SSSR count). The summed E-state index contributed by atoms with van der Waals surface area (Å²) in [5, 5.41) is 9.65. The van der Waals surface area contributed by atoms with Crippen LogP contribution in [0.15, 0.2) is 12.2 Å². The van der Waals surface area contributed by atoms with E-state index in [-0.39, 0.29) is 6.10 Å². The van der Waals surface area contributed by atoms with E-state index in [1.807, 2.05) is 6.08 Å². The molecule has 0 spiro atoms. The minimum absolute atomic E-state index is 0.192. The van der Waals surface area contributed by atoms with Crippen LogP contribution >= 0.6 is 0 Å². The maximum Gasteiger partial charge on any atom is 0.0721 e. The Labute approximate surface area is 88.2 Å². The van der Waals surface area contributed by atoms with Crippen molar-refractivity contribution in [2.45, 2.75) is 64.4 Å². The molecule has 0 radical (unpaired) electrons. The molecule has 0 aromatic heterocycles. The van der Waals surface area contributed by atoms with Crippen LogP contribution in [0.1, 0.15) is 58.3 Å². The molecule has 1 heteroatoms. The van der Waals surface area contributed by atoms with E-state index in [1.165, 1.54) is 38.5 Å². The SMILES string of the molecule is CCCCCC(O)/C=C/C1CCCC1. The normalized spacial score (nSPS) is 20.7. The third-order valence-electron chi connectivity index (χ3n) is 3.11. The average molecular weight is 196 g/mol. The number of unbranched alkanes of at least 4 members (excludes halogenated alkanes) is 2.